The van der Waals surface area contributed by atoms with Gasteiger partial charge in [-0.3, -0.25) is 4.90 Å². The monoisotopic (exact) mass is 460 g/mol. The second kappa shape index (κ2) is 11.9. The summed E-state index contributed by atoms with van der Waals surface area (Å²) >= 11 is 6.15. The lowest BCUT2D eigenvalue weighted by molar-refractivity contribution is 0.0662. The minimum Gasteiger partial charge on any atom is -0.491 e. The molecule has 0 aliphatic carbocycles. The Morgan fingerprint density at radius 2 is 1.59 bits per heavy atom. The summed E-state index contributed by atoms with van der Waals surface area (Å²) in [7, 11) is 0. The third-order valence-corrected chi connectivity index (χ3v) is 5.23. The zero-order valence-electron chi connectivity index (χ0n) is 17.2. The van der Waals surface area contributed by atoms with E-state index in [1.165, 1.54) is 22.4 Å². The zero-order chi connectivity index (χ0) is 19.4. The van der Waals surface area contributed by atoms with Gasteiger partial charge in [0.05, 0.1) is 0 Å². The summed E-state index contributed by atoms with van der Waals surface area (Å²) < 4.78 is 5.79. The Morgan fingerprint density at radius 3 is 2.21 bits per heavy atom. The van der Waals surface area contributed by atoms with Crippen LogP contribution >= 0.6 is 36.4 Å². The quantitative estimate of drug-likeness (QED) is 0.678. The maximum Gasteiger partial charge on any atom is 0.119 e. The fourth-order valence-electron chi connectivity index (χ4n) is 3.65. The van der Waals surface area contributed by atoms with Crippen molar-refractivity contribution in [2.75, 3.05) is 44.2 Å². The number of nitrogens with zero attached hydrogens (tertiary/aromatic N) is 2. The Bertz CT molecular complexity index is 760. The van der Waals surface area contributed by atoms with Crippen LogP contribution in [-0.4, -0.2) is 55.4 Å². The molecular formula is C22H31Cl3N2O2. The van der Waals surface area contributed by atoms with Gasteiger partial charge in [-0.15, -0.1) is 24.8 Å². The molecule has 1 saturated heterocycles. The molecule has 0 bridgehead atoms. The highest BCUT2D eigenvalue weighted by molar-refractivity contribution is 6.30. The zero-order valence-corrected chi connectivity index (χ0v) is 19.6. The van der Waals surface area contributed by atoms with Crippen LogP contribution in [0.3, 0.4) is 0 Å². The van der Waals surface area contributed by atoms with E-state index in [1.54, 1.807) is 0 Å². The predicted octanol–water partition coefficient (Wildman–Crippen LogP) is 4.67. The highest BCUT2D eigenvalue weighted by atomic mass is 35.5. The summed E-state index contributed by atoms with van der Waals surface area (Å²) in [6.45, 7) is 10.9. The van der Waals surface area contributed by atoms with Crippen LogP contribution < -0.4 is 9.64 Å². The second-order valence-corrected chi connectivity index (χ2v) is 7.94. The lowest BCUT2D eigenvalue weighted by atomic mass is 10.1. The van der Waals surface area contributed by atoms with Gasteiger partial charge in [0, 0.05) is 43.4 Å². The molecule has 1 heterocycles. The van der Waals surface area contributed by atoms with E-state index in [4.69, 9.17) is 16.3 Å². The van der Waals surface area contributed by atoms with Gasteiger partial charge in [-0.1, -0.05) is 23.7 Å². The SMILES string of the molecule is Cc1cc(C)cc(OCC(O)CN2CCN(c3cc(Cl)ccc3C)CC2)c1.Cl.Cl. The summed E-state index contributed by atoms with van der Waals surface area (Å²) in [6, 6.07) is 12.2. The molecule has 0 radical (unpaired) electrons. The van der Waals surface area contributed by atoms with Crippen molar-refractivity contribution in [1.29, 1.82) is 0 Å². The Kier molecular flexibility index (Phi) is 10.6. The number of hydrogen-bond acceptors (Lipinski definition) is 4. The summed E-state index contributed by atoms with van der Waals surface area (Å²) in [5.41, 5.74) is 4.80. The summed E-state index contributed by atoms with van der Waals surface area (Å²) in [5.74, 6) is 0.827. The van der Waals surface area contributed by atoms with Crippen molar-refractivity contribution >= 4 is 42.1 Å². The molecule has 1 aliphatic rings. The van der Waals surface area contributed by atoms with Crippen molar-refractivity contribution in [2.45, 2.75) is 26.9 Å². The van der Waals surface area contributed by atoms with Gasteiger partial charge in [-0.25, -0.2) is 0 Å². The Hall–Kier alpha value is -1.17. The number of β-amino-alcohol motifs (C(OH)–C–C–N with tert-alkyl or cyclic N) is 1. The van der Waals surface area contributed by atoms with Gasteiger partial charge in [-0.05, 0) is 61.7 Å². The molecule has 0 saturated carbocycles. The maximum absolute atomic E-state index is 10.4. The average molecular weight is 462 g/mol. The molecule has 162 valence electrons. The molecule has 3 rings (SSSR count). The molecule has 29 heavy (non-hydrogen) atoms. The first-order valence-corrected chi connectivity index (χ1v) is 9.91. The van der Waals surface area contributed by atoms with E-state index in [2.05, 4.69) is 42.7 Å². The molecule has 2 aromatic carbocycles. The van der Waals surface area contributed by atoms with Gasteiger partial charge in [-0.2, -0.15) is 0 Å². The van der Waals surface area contributed by atoms with Crippen molar-refractivity contribution in [1.82, 2.24) is 4.90 Å². The van der Waals surface area contributed by atoms with Gasteiger partial charge in [0.15, 0.2) is 0 Å². The molecule has 0 spiro atoms. The third kappa shape index (κ3) is 7.54. The van der Waals surface area contributed by atoms with Crippen molar-refractivity contribution in [3.8, 4) is 5.75 Å². The number of rotatable bonds is 6. The number of aliphatic hydroxyl groups excluding tert-OH is 1. The Morgan fingerprint density at radius 1 is 0.966 bits per heavy atom. The molecule has 4 nitrogen and oxygen atoms in total. The lowest BCUT2D eigenvalue weighted by Gasteiger charge is -2.37. The molecule has 0 amide bonds. The molecule has 1 N–H and O–H groups in total. The lowest BCUT2D eigenvalue weighted by Crippen LogP contribution is -2.49. The van der Waals surface area contributed by atoms with Gasteiger partial charge >= 0.3 is 0 Å². The molecule has 7 heteroatoms. The molecule has 1 aliphatic heterocycles. The minimum absolute atomic E-state index is 0. The van der Waals surface area contributed by atoms with Gasteiger partial charge in [0.25, 0.3) is 0 Å². The van der Waals surface area contributed by atoms with E-state index in [1.807, 2.05) is 24.3 Å². The molecule has 1 atom stereocenters. The first-order valence-electron chi connectivity index (χ1n) is 9.53. The Labute approximate surface area is 191 Å². The molecule has 1 fully saturated rings. The van der Waals surface area contributed by atoms with E-state index < -0.39 is 6.10 Å². The fraction of sp³-hybridized carbons (Fsp3) is 0.455. The third-order valence-electron chi connectivity index (χ3n) is 4.99. The van der Waals surface area contributed by atoms with Crippen LogP contribution in [0.1, 0.15) is 16.7 Å². The largest absolute Gasteiger partial charge is 0.491 e. The number of aryl methyl sites for hydroxylation is 3. The minimum atomic E-state index is -0.495. The van der Waals surface area contributed by atoms with Crippen molar-refractivity contribution in [3.63, 3.8) is 0 Å². The highest BCUT2D eigenvalue weighted by Gasteiger charge is 2.21. The summed E-state index contributed by atoms with van der Waals surface area (Å²) in [4.78, 5) is 4.67. The average Bonchev–Trinajstić information content (AvgIpc) is 2.62. The Balaban J connectivity index is 0.00000210. The van der Waals surface area contributed by atoms with E-state index in [-0.39, 0.29) is 24.8 Å². The van der Waals surface area contributed by atoms with E-state index in [0.29, 0.717) is 13.2 Å². The maximum atomic E-state index is 10.4. The first kappa shape index (κ1) is 25.9. The number of anilines is 1. The molecule has 1 unspecified atom stereocenters. The van der Waals surface area contributed by atoms with E-state index in [0.717, 1.165) is 37.0 Å². The number of benzene rings is 2. The van der Waals surface area contributed by atoms with Crippen molar-refractivity contribution in [3.05, 3.63) is 58.1 Å². The second-order valence-electron chi connectivity index (χ2n) is 7.51. The fourth-order valence-corrected chi connectivity index (χ4v) is 3.82. The number of ether oxygens (including phenoxy) is 1. The van der Waals surface area contributed by atoms with Crippen molar-refractivity contribution < 1.29 is 9.84 Å². The number of aliphatic hydroxyl groups is 1. The van der Waals surface area contributed by atoms with Crippen LogP contribution in [0.15, 0.2) is 36.4 Å². The molecular weight excluding hydrogens is 431 g/mol. The van der Waals surface area contributed by atoms with Gasteiger partial charge in [0.1, 0.15) is 18.5 Å². The first-order chi connectivity index (χ1) is 12.9. The van der Waals surface area contributed by atoms with Crippen molar-refractivity contribution in [2.24, 2.45) is 0 Å². The summed E-state index contributed by atoms with van der Waals surface area (Å²) in [5, 5.41) is 11.1. The number of halogens is 3. The van der Waals surface area contributed by atoms with Crippen LogP contribution in [0.4, 0.5) is 5.69 Å². The van der Waals surface area contributed by atoms with E-state index in [9.17, 15) is 5.11 Å². The highest BCUT2D eigenvalue weighted by Crippen LogP contribution is 2.25. The molecule has 0 aromatic heterocycles. The standard InChI is InChI=1S/C22H29ClN2O2.2ClH/c1-16-10-17(2)12-21(11-16)27-15-20(26)14-24-6-8-25(9-7-24)22-13-19(23)5-4-18(22)3;;/h4-5,10-13,20,26H,6-9,14-15H2,1-3H3;2*1H. The summed E-state index contributed by atoms with van der Waals surface area (Å²) in [6.07, 6.45) is -0.495. The van der Waals surface area contributed by atoms with Crippen LogP contribution in [-0.2, 0) is 0 Å². The predicted molar refractivity (Wildman–Crippen MR) is 127 cm³/mol. The topological polar surface area (TPSA) is 35.9 Å². The van der Waals surface area contributed by atoms with Crippen LogP contribution in [0, 0.1) is 20.8 Å². The van der Waals surface area contributed by atoms with E-state index >= 15 is 0 Å². The van der Waals surface area contributed by atoms with Crippen LogP contribution in [0.2, 0.25) is 5.02 Å². The van der Waals surface area contributed by atoms with Crippen LogP contribution in [0.25, 0.3) is 0 Å². The molecule has 2 aromatic rings. The van der Waals surface area contributed by atoms with Crippen LogP contribution in [0.5, 0.6) is 5.75 Å². The van der Waals surface area contributed by atoms with Gasteiger partial charge in [0.2, 0.25) is 0 Å². The normalized spacial score (nSPS) is 15.3. The van der Waals surface area contributed by atoms with Gasteiger partial charge < -0.3 is 14.7 Å². The number of hydrogen-bond donors (Lipinski definition) is 1. The number of piperazine rings is 1. The smallest absolute Gasteiger partial charge is 0.119 e.